The van der Waals surface area contributed by atoms with Gasteiger partial charge in [-0.05, 0) is 19.7 Å². The van der Waals surface area contributed by atoms with E-state index in [0.717, 1.165) is 11.3 Å². The normalized spacial score (nSPS) is 11.4. The molecule has 0 heterocycles. The fourth-order valence-corrected chi connectivity index (χ4v) is 1.50. The first-order valence-electron chi connectivity index (χ1n) is 5.70. The number of nitrogens with zero attached hydrogens (tertiary/aromatic N) is 2. The third kappa shape index (κ3) is 5.45. The van der Waals surface area contributed by atoms with E-state index >= 15 is 0 Å². The average molecular weight is 249 g/mol. The Labute approximate surface area is 107 Å². The second kappa shape index (κ2) is 7.45. The van der Waals surface area contributed by atoms with Crippen LogP contribution >= 0.6 is 0 Å². The van der Waals surface area contributed by atoms with Gasteiger partial charge in [0.1, 0.15) is 0 Å². The molecule has 1 aromatic rings. The van der Waals surface area contributed by atoms with Gasteiger partial charge in [-0.2, -0.15) is 5.10 Å². The second-order valence-electron chi connectivity index (χ2n) is 4.18. The largest absolute Gasteiger partial charge is 0.452 e. The van der Waals surface area contributed by atoms with E-state index in [4.69, 9.17) is 0 Å². The molecule has 1 aromatic carbocycles. The maximum atomic E-state index is 11.0. The highest BCUT2D eigenvalue weighted by molar-refractivity contribution is 5.89. The highest BCUT2D eigenvalue weighted by Crippen LogP contribution is 2.01. The molecule has 5 nitrogen and oxygen atoms in total. The summed E-state index contributed by atoms with van der Waals surface area (Å²) in [7, 11) is 5.23. The Hall–Kier alpha value is -1.88. The predicted octanol–water partition coefficient (Wildman–Crippen LogP) is 1.50. The van der Waals surface area contributed by atoms with Crippen molar-refractivity contribution in [3.8, 4) is 0 Å². The zero-order chi connectivity index (χ0) is 13.4. The Balaban J connectivity index is 2.69. The number of hydrogen-bond donors (Lipinski definition) is 1. The molecule has 0 saturated carbocycles. The molecule has 0 fully saturated rings. The molecule has 0 saturated heterocycles. The number of carbonyl (C=O) groups excluding carboxylic acids is 1. The molecular weight excluding hydrogens is 230 g/mol. The van der Waals surface area contributed by atoms with E-state index in [2.05, 4.69) is 15.3 Å². The van der Waals surface area contributed by atoms with Crippen molar-refractivity contribution in [3.05, 3.63) is 35.9 Å². The lowest BCUT2D eigenvalue weighted by molar-refractivity contribution is 0.171. The molecule has 5 heteroatoms. The number of benzene rings is 1. The van der Waals surface area contributed by atoms with Crippen LogP contribution in [0.3, 0.4) is 0 Å². The van der Waals surface area contributed by atoms with Crippen LogP contribution in [0.4, 0.5) is 4.79 Å². The van der Waals surface area contributed by atoms with Gasteiger partial charge in [0.2, 0.25) is 0 Å². The van der Waals surface area contributed by atoms with E-state index < -0.39 is 6.09 Å². The lowest BCUT2D eigenvalue weighted by Crippen LogP contribution is -2.27. The van der Waals surface area contributed by atoms with Crippen molar-refractivity contribution in [2.75, 3.05) is 27.7 Å². The van der Waals surface area contributed by atoms with Crippen molar-refractivity contribution in [3.63, 3.8) is 0 Å². The van der Waals surface area contributed by atoms with E-state index in [0.29, 0.717) is 13.0 Å². The molecule has 0 bridgehead atoms. The van der Waals surface area contributed by atoms with Crippen molar-refractivity contribution in [1.82, 2.24) is 10.3 Å². The molecule has 0 unspecified atom stereocenters. The lowest BCUT2D eigenvalue weighted by Gasteiger charge is -2.12. The summed E-state index contributed by atoms with van der Waals surface area (Å²) >= 11 is 0. The molecule has 0 aliphatic rings. The highest BCUT2D eigenvalue weighted by Gasteiger charge is 2.05. The molecule has 0 aliphatic heterocycles. The number of nitrogens with one attached hydrogen (secondary N) is 1. The van der Waals surface area contributed by atoms with Crippen LogP contribution in [0.5, 0.6) is 0 Å². The van der Waals surface area contributed by atoms with Crippen LogP contribution < -0.4 is 5.43 Å². The lowest BCUT2D eigenvalue weighted by atomic mass is 10.1. The summed E-state index contributed by atoms with van der Waals surface area (Å²) in [6.45, 7) is 0.679. The molecule has 0 aromatic heterocycles. The molecule has 18 heavy (non-hydrogen) atoms. The highest BCUT2D eigenvalue weighted by atomic mass is 16.5. The summed E-state index contributed by atoms with van der Waals surface area (Å²) in [4.78, 5) is 13.0. The number of hydrogen-bond acceptors (Lipinski definition) is 4. The van der Waals surface area contributed by atoms with Crippen molar-refractivity contribution in [2.24, 2.45) is 5.10 Å². The van der Waals surface area contributed by atoms with E-state index in [9.17, 15) is 4.79 Å². The first-order chi connectivity index (χ1) is 8.61. The van der Waals surface area contributed by atoms with Crippen LogP contribution in [0.15, 0.2) is 35.4 Å². The van der Waals surface area contributed by atoms with Gasteiger partial charge in [-0.15, -0.1) is 0 Å². The maximum Gasteiger partial charge on any atom is 0.427 e. The SMILES string of the molecule is COC(=O)N/N=C(/Cc1ccccc1)CN(C)C. The van der Waals surface area contributed by atoms with Crippen molar-refractivity contribution in [2.45, 2.75) is 6.42 Å². The molecular formula is C13H19N3O2. The van der Waals surface area contributed by atoms with Crippen LogP contribution in [0.25, 0.3) is 0 Å². The first-order valence-corrected chi connectivity index (χ1v) is 5.70. The van der Waals surface area contributed by atoms with Crippen molar-refractivity contribution < 1.29 is 9.53 Å². The number of hydrazone groups is 1. The summed E-state index contributed by atoms with van der Waals surface area (Å²) < 4.78 is 4.49. The number of methoxy groups -OCH3 is 1. The molecule has 0 radical (unpaired) electrons. The fraction of sp³-hybridized carbons (Fsp3) is 0.385. The van der Waals surface area contributed by atoms with Gasteiger partial charge in [-0.1, -0.05) is 30.3 Å². The summed E-state index contributed by atoms with van der Waals surface area (Å²) in [5.74, 6) is 0. The first kappa shape index (κ1) is 14.2. The minimum absolute atomic E-state index is 0.556. The summed E-state index contributed by atoms with van der Waals surface area (Å²) in [6.07, 6.45) is 0.141. The monoisotopic (exact) mass is 249 g/mol. The Morgan fingerprint density at radius 2 is 2.00 bits per heavy atom. The molecule has 1 N–H and O–H groups in total. The van der Waals surface area contributed by atoms with Gasteiger partial charge in [0.15, 0.2) is 0 Å². The molecule has 0 spiro atoms. The summed E-state index contributed by atoms with van der Waals surface area (Å²) in [5, 5.41) is 4.08. The van der Waals surface area contributed by atoms with Crippen molar-refractivity contribution >= 4 is 11.8 Å². The van der Waals surface area contributed by atoms with E-state index in [-0.39, 0.29) is 0 Å². The number of carbonyl (C=O) groups is 1. The molecule has 1 amide bonds. The van der Waals surface area contributed by atoms with Gasteiger partial charge < -0.3 is 9.64 Å². The van der Waals surface area contributed by atoms with E-state index in [1.165, 1.54) is 7.11 Å². The predicted molar refractivity (Wildman–Crippen MR) is 71.7 cm³/mol. The molecule has 0 atom stereocenters. The van der Waals surface area contributed by atoms with Gasteiger partial charge in [0.25, 0.3) is 0 Å². The topological polar surface area (TPSA) is 53.9 Å². The summed E-state index contributed by atoms with van der Waals surface area (Å²) in [5.41, 5.74) is 4.39. The molecule has 0 aliphatic carbocycles. The minimum Gasteiger partial charge on any atom is -0.452 e. The van der Waals surface area contributed by atoms with E-state index in [1.54, 1.807) is 0 Å². The average Bonchev–Trinajstić information content (AvgIpc) is 2.36. The smallest absolute Gasteiger partial charge is 0.427 e. The van der Waals surface area contributed by atoms with Crippen LogP contribution in [-0.4, -0.2) is 44.5 Å². The van der Waals surface area contributed by atoms with Gasteiger partial charge in [-0.3, -0.25) is 0 Å². The third-order valence-electron chi connectivity index (χ3n) is 2.24. The maximum absolute atomic E-state index is 11.0. The zero-order valence-corrected chi connectivity index (χ0v) is 11.0. The van der Waals surface area contributed by atoms with Gasteiger partial charge in [0.05, 0.1) is 12.8 Å². The molecule has 1 rings (SSSR count). The summed E-state index contributed by atoms with van der Waals surface area (Å²) in [6, 6.07) is 10.00. The number of ether oxygens (including phenoxy) is 1. The minimum atomic E-state index is -0.556. The Bertz CT molecular complexity index is 402. The third-order valence-corrected chi connectivity index (χ3v) is 2.24. The molecule has 98 valence electrons. The van der Waals surface area contributed by atoms with Crippen molar-refractivity contribution in [1.29, 1.82) is 0 Å². The van der Waals surface area contributed by atoms with Gasteiger partial charge in [0, 0.05) is 13.0 Å². The fourth-order valence-electron chi connectivity index (χ4n) is 1.50. The Kier molecular flexibility index (Phi) is 5.87. The quantitative estimate of drug-likeness (QED) is 0.635. The Morgan fingerprint density at radius 3 is 2.56 bits per heavy atom. The van der Waals surface area contributed by atoms with Crippen LogP contribution in [0, 0.1) is 0 Å². The van der Waals surface area contributed by atoms with Gasteiger partial charge in [-0.25, -0.2) is 10.2 Å². The van der Waals surface area contributed by atoms with Crippen LogP contribution in [0.2, 0.25) is 0 Å². The second-order valence-corrected chi connectivity index (χ2v) is 4.18. The Morgan fingerprint density at radius 1 is 1.33 bits per heavy atom. The standard InChI is InChI=1S/C13H19N3O2/c1-16(2)10-12(14-15-13(17)18-3)9-11-7-5-4-6-8-11/h4-8H,9-10H2,1-3H3,(H,15,17)/b14-12-. The zero-order valence-electron chi connectivity index (χ0n) is 11.0. The van der Waals surface area contributed by atoms with Gasteiger partial charge >= 0.3 is 6.09 Å². The number of rotatable bonds is 5. The van der Waals surface area contributed by atoms with Crippen LogP contribution in [-0.2, 0) is 11.2 Å². The van der Waals surface area contributed by atoms with E-state index in [1.807, 2.05) is 49.3 Å². The van der Waals surface area contributed by atoms with Crippen LogP contribution in [0.1, 0.15) is 5.56 Å². The number of amides is 1.